The van der Waals surface area contributed by atoms with Crippen LogP contribution < -0.4 is 10.2 Å². The van der Waals surface area contributed by atoms with E-state index < -0.39 is 0 Å². The van der Waals surface area contributed by atoms with Gasteiger partial charge in [0.15, 0.2) is 0 Å². The van der Waals surface area contributed by atoms with Crippen LogP contribution in [-0.4, -0.2) is 29.8 Å². The highest BCUT2D eigenvalue weighted by atomic mass is 16.1. The van der Waals surface area contributed by atoms with Gasteiger partial charge < -0.3 is 10.2 Å². The van der Waals surface area contributed by atoms with E-state index >= 15 is 0 Å². The Morgan fingerprint density at radius 1 is 0.964 bits per heavy atom. The van der Waals surface area contributed by atoms with Crippen LogP contribution in [0.1, 0.15) is 15.9 Å². The molecular weight excluding hydrogens is 348 g/mol. The van der Waals surface area contributed by atoms with Crippen LogP contribution in [0.25, 0.3) is 10.8 Å². The molecule has 3 aromatic carbocycles. The maximum absolute atomic E-state index is 12.7. The largest absolute Gasteiger partial charge is 0.378 e. The quantitative estimate of drug-likeness (QED) is 0.566. The van der Waals surface area contributed by atoms with E-state index in [4.69, 9.17) is 0 Å². The molecule has 0 saturated carbocycles. The summed E-state index contributed by atoms with van der Waals surface area (Å²) in [4.78, 5) is 14.8. The van der Waals surface area contributed by atoms with Crippen molar-refractivity contribution in [1.82, 2.24) is 9.78 Å². The number of nitrogens with zero attached hydrogens (tertiary/aromatic N) is 3. The molecule has 0 unspecified atom stereocenters. The van der Waals surface area contributed by atoms with Crippen molar-refractivity contribution in [2.24, 2.45) is 0 Å². The number of amides is 1. The monoisotopic (exact) mass is 370 g/mol. The molecular formula is C23H22N4O. The Morgan fingerprint density at radius 3 is 2.46 bits per heavy atom. The highest BCUT2D eigenvalue weighted by Crippen LogP contribution is 2.18. The Morgan fingerprint density at radius 2 is 1.71 bits per heavy atom. The Kier molecular flexibility index (Phi) is 4.81. The van der Waals surface area contributed by atoms with Crippen molar-refractivity contribution >= 4 is 28.2 Å². The van der Waals surface area contributed by atoms with E-state index in [0.717, 1.165) is 22.0 Å². The second kappa shape index (κ2) is 7.56. The van der Waals surface area contributed by atoms with E-state index in [2.05, 4.69) is 39.6 Å². The molecule has 4 aromatic rings. The summed E-state index contributed by atoms with van der Waals surface area (Å²) in [5.41, 5.74) is 2.89. The van der Waals surface area contributed by atoms with Crippen LogP contribution in [0.15, 0.2) is 79.0 Å². The van der Waals surface area contributed by atoms with E-state index in [1.54, 1.807) is 10.9 Å². The topological polar surface area (TPSA) is 50.2 Å². The molecule has 1 N–H and O–H groups in total. The first kappa shape index (κ1) is 17.8. The minimum atomic E-state index is -0.143. The first-order chi connectivity index (χ1) is 13.6. The lowest BCUT2D eigenvalue weighted by Gasteiger charge is -2.13. The number of hydrogen-bond acceptors (Lipinski definition) is 3. The Bertz CT molecular complexity index is 1110. The highest BCUT2D eigenvalue weighted by Gasteiger charge is 2.11. The number of carbonyl (C=O) groups is 1. The third-order valence-corrected chi connectivity index (χ3v) is 4.75. The number of carbonyl (C=O) groups excluding carboxylic acids is 1. The summed E-state index contributed by atoms with van der Waals surface area (Å²) >= 11 is 0. The predicted octanol–water partition coefficient (Wildman–Crippen LogP) is 4.40. The number of rotatable bonds is 5. The van der Waals surface area contributed by atoms with Gasteiger partial charge in [0.1, 0.15) is 5.82 Å². The van der Waals surface area contributed by atoms with Crippen LogP contribution in [0.4, 0.5) is 11.5 Å². The molecule has 0 aliphatic rings. The van der Waals surface area contributed by atoms with Crippen LogP contribution in [0, 0.1) is 0 Å². The van der Waals surface area contributed by atoms with Crippen molar-refractivity contribution in [1.29, 1.82) is 0 Å². The summed E-state index contributed by atoms with van der Waals surface area (Å²) in [6, 6.07) is 23.8. The van der Waals surface area contributed by atoms with Gasteiger partial charge in [-0.1, -0.05) is 42.5 Å². The smallest absolute Gasteiger partial charge is 0.256 e. The van der Waals surface area contributed by atoms with E-state index in [9.17, 15) is 4.79 Å². The summed E-state index contributed by atoms with van der Waals surface area (Å²) in [5.74, 6) is 0.533. The molecule has 0 aliphatic heterocycles. The maximum Gasteiger partial charge on any atom is 0.256 e. The molecule has 5 nitrogen and oxygen atoms in total. The van der Waals surface area contributed by atoms with Gasteiger partial charge in [-0.2, -0.15) is 5.10 Å². The summed E-state index contributed by atoms with van der Waals surface area (Å²) in [6.07, 6.45) is 1.70. The Labute approximate surface area is 164 Å². The first-order valence-electron chi connectivity index (χ1n) is 9.18. The van der Waals surface area contributed by atoms with Crippen molar-refractivity contribution in [2.45, 2.75) is 6.54 Å². The van der Waals surface area contributed by atoms with Crippen molar-refractivity contribution in [3.05, 3.63) is 90.1 Å². The lowest BCUT2D eigenvalue weighted by Crippen LogP contribution is -2.16. The lowest BCUT2D eigenvalue weighted by molar-refractivity contribution is 0.102. The van der Waals surface area contributed by atoms with E-state index in [1.807, 2.05) is 62.6 Å². The molecule has 5 heteroatoms. The van der Waals surface area contributed by atoms with Crippen molar-refractivity contribution in [3.8, 4) is 0 Å². The van der Waals surface area contributed by atoms with Gasteiger partial charge in [0.25, 0.3) is 5.91 Å². The van der Waals surface area contributed by atoms with Gasteiger partial charge in [-0.05, 0) is 40.6 Å². The number of benzene rings is 3. The van der Waals surface area contributed by atoms with Gasteiger partial charge in [-0.15, -0.1) is 0 Å². The number of aromatic nitrogens is 2. The van der Waals surface area contributed by atoms with Crippen LogP contribution >= 0.6 is 0 Å². The van der Waals surface area contributed by atoms with Crippen LogP contribution in [0.5, 0.6) is 0 Å². The molecule has 0 spiro atoms. The standard InChI is InChI=1S/C23H22N4O/c1-26(2)21-11-7-17(8-12-21)16-27-22(13-14-24-27)25-23(28)20-10-9-18-5-3-4-6-19(18)15-20/h3-15H,16H2,1-2H3,(H,25,28). The fraction of sp³-hybridized carbons (Fsp3) is 0.130. The average Bonchev–Trinajstić information content (AvgIpc) is 3.14. The fourth-order valence-electron chi connectivity index (χ4n) is 3.16. The Balaban J connectivity index is 1.51. The molecule has 140 valence electrons. The van der Waals surface area contributed by atoms with E-state index in [-0.39, 0.29) is 5.91 Å². The minimum Gasteiger partial charge on any atom is -0.378 e. The van der Waals surface area contributed by atoms with Gasteiger partial charge >= 0.3 is 0 Å². The zero-order valence-electron chi connectivity index (χ0n) is 16.0. The zero-order chi connectivity index (χ0) is 19.5. The molecule has 0 atom stereocenters. The molecule has 28 heavy (non-hydrogen) atoms. The highest BCUT2D eigenvalue weighted by molar-refractivity contribution is 6.06. The van der Waals surface area contributed by atoms with Crippen LogP contribution in [0.3, 0.4) is 0 Å². The second-order valence-corrected chi connectivity index (χ2v) is 6.95. The summed E-state index contributed by atoms with van der Waals surface area (Å²) < 4.78 is 1.80. The summed E-state index contributed by atoms with van der Waals surface area (Å²) in [5, 5.41) is 9.49. The third kappa shape index (κ3) is 3.74. The fourth-order valence-corrected chi connectivity index (χ4v) is 3.16. The molecule has 0 fully saturated rings. The average molecular weight is 370 g/mol. The number of anilines is 2. The van der Waals surface area contributed by atoms with Gasteiger partial charge in [0.05, 0.1) is 12.7 Å². The van der Waals surface area contributed by atoms with Crippen molar-refractivity contribution in [3.63, 3.8) is 0 Å². The lowest BCUT2D eigenvalue weighted by atomic mass is 10.1. The first-order valence-corrected chi connectivity index (χ1v) is 9.18. The molecule has 1 amide bonds. The molecule has 0 aliphatic carbocycles. The molecule has 1 aromatic heterocycles. The van der Waals surface area contributed by atoms with E-state index in [1.165, 1.54) is 0 Å². The molecule has 0 saturated heterocycles. The molecule has 0 radical (unpaired) electrons. The number of nitrogens with one attached hydrogen (secondary N) is 1. The summed E-state index contributed by atoms with van der Waals surface area (Å²) in [7, 11) is 4.03. The molecule has 0 bridgehead atoms. The molecule has 4 rings (SSSR count). The number of fused-ring (bicyclic) bond motifs is 1. The van der Waals surface area contributed by atoms with Crippen LogP contribution in [0.2, 0.25) is 0 Å². The molecule has 1 heterocycles. The Hall–Kier alpha value is -3.60. The number of hydrogen-bond donors (Lipinski definition) is 1. The normalized spacial score (nSPS) is 10.8. The third-order valence-electron chi connectivity index (χ3n) is 4.75. The van der Waals surface area contributed by atoms with Gasteiger partial charge in [-0.25, -0.2) is 4.68 Å². The van der Waals surface area contributed by atoms with Gasteiger partial charge in [0.2, 0.25) is 0 Å². The summed E-state index contributed by atoms with van der Waals surface area (Å²) in [6.45, 7) is 0.591. The van der Waals surface area contributed by atoms with Gasteiger partial charge in [-0.3, -0.25) is 4.79 Å². The SMILES string of the molecule is CN(C)c1ccc(Cn2nccc2NC(=O)c2ccc3ccccc3c2)cc1. The van der Waals surface area contributed by atoms with E-state index in [0.29, 0.717) is 17.9 Å². The second-order valence-electron chi connectivity index (χ2n) is 6.95. The van der Waals surface area contributed by atoms with Crippen molar-refractivity contribution < 1.29 is 4.79 Å². The predicted molar refractivity (Wildman–Crippen MR) is 114 cm³/mol. The maximum atomic E-state index is 12.7. The van der Waals surface area contributed by atoms with Crippen LogP contribution in [-0.2, 0) is 6.54 Å². The minimum absolute atomic E-state index is 0.143. The van der Waals surface area contributed by atoms with Gasteiger partial charge in [0, 0.05) is 31.4 Å². The zero-order valence-corrected chi connectivity index (χ0v) is 16.0. The van der Waals surface area contributed by atoms with Crippen molar-refractivity contribution in [2.75, 3.05) is 24.3 Å².